The first-order valence-electron chi connectivity index (χ1n) is 10.0. The lowest BCUT2D eigenvalue weighted by Crippen LogP contribution is -2.45. The molecule has 0 radical (unpaired) electrons. The Morgan fingerprint density at radius 1 is 1.25 bits per heavy atom. The summed E-state index contributed by atoms with van der Waals surface area (Å²) in [7, 11) is 0. The number of amides is 1. The second-order valence-corrected chi connectivity index (χ2v) is 8.75. The van der Waals surface area contributed by atoms with E-state index in [4.69, 9.17) is 0 Å². The lowest BCUT2D eigenvalue weighted by molar-refractivity contribution is -0.123. The molecule has 7 heteroatoms. The van der Waals surface area contributed by atoms with Gasteiger partial charge < -0.3 is 10.6 Å². The van der Waals surface area contributed by atoms with Gasteiger partial charge in [0.1, 0.15) is 5.01 Å². The first-order valence-corrected chi connectivity index (χ1v) is 10.8. The van der Waals surface area contributed by atoms with Crippen LogP contribution in [0, 0.1) is 5.92 Å². The average Bonchev–Trinajstić information content (AvgIpc) is 3.39. The van der Waals surface area contributed by atoms with Crippen molar-refractivity contribution in [2.24, 2.45) is 5.92 Å². The van der Waals surface area contributed by atoms with Gasteiger partial charge in [-0.2, -0.15) is 0 Å². The lowest BCUT2D eigenvalue weighted by Gasteiger charge is -2.32. The third-order valence-corrected chi connectivity index (χ3v) is 6.53. The van der Waals surface area contributed by atoms with Gasteiger partial charge in [-0.15, -0.1) is 23.7 Å². The van der Waals surface area contributed by atoms with Crippen LogP contribution in [0.3, 0.4) is 0 Å². The molecule has 2 aromatic rings. The van der Waals surface area contributed by atoms with Crippen molar-refractivity contribution in [2.45, 2.75) is 38.3 Å². The maximum atomic E-state index is 12.2. The van der Waals surface area contributed by atoms with Crippen LogP contribution in [0.4, 0.5) is 0 Å². The molecule has 0 aliphatic carbocycles. The number of carbonyl (C=O) groups is 1. The Kier molecular flexibility index (Phi) is 7.85. The van der Waals surface area contributed by atoms with Crippen LogP contribution >= 0.6 is 23.7 Å². The zero-order valence-corrected chi connectivity index (χ0v) is 17.7. The minimum atomic E-state index is 0. The Hall–Kier alpha value is -1.47. The maximum absolute atomic E-state index is 12.2. The number of hydrogen-bond acceptors (Lipinski definition) is 5. The number of nitrogens with zero attached hydrogens (tertiary/aromatic N) is 2. The molecule has 2 saturated heterocycles. The van der Waals surface area contributed by atoms with Gasteiger partial charge in [0.15, 0.2) is 0 Å². The molecule has 2 atom stereocenters. The standard InChI is InChI=1S/C21H28N4OS.ClH/c26-20(19-9-4-10-22-19)23-12-16-6-5-11-25(14-16)15-18-13-24-21(27-18)17-7-2-1-3-8-17;/h1-3,7-8,13,16,19,22H,4-6,9-12,14-15H2,(H,23,26);1H. The summed E-state index contributed by atoms with van der Waals surface area (Å²) in [5, 5.41) is 7.53. The zero-order valence-electron chi connectivity index (χ0n) is 16.1. The number of hydrogen-bond donors (Lipinski definition) is 2. The van der Waals surface area contributed by atoms with Gasteiger partial charge in [0.25, 0.3) is 0 Å². The second kappa shape index (κ2) is 10.3. The fourth-order valence-electron chi connectivity index (χ4n) is 4.05. The molecular weight excluding hydrogens is 392 g/mol. The van der Waals surface area contributed by atoms with Crippen LogP contribution in [0.25, 0.3) is 10.6 Å². The molecule has 1 aromatic carbocycles. The van der Waals surface area contributed by atoms with Crippen LogP contribution in [0.15, 0.2) is 36.5 Å². The number of carbonyl (C=O) groups excluding carboxylic acids is 1. The summed E-state index contributed by atoms with van der Waals surface area (Å²) in [5.41, 5.74) is 1.19. The number of nitrogens with one attached hydrogen (secondary N) is 2. The number of likely N-dealkylation sites (tertiary alicyclic amines) is 1. The fourth-order valence-corrected chi connectivity index (χ4v) is 5.01. The van der Waals surface area contributed by atoms with Gasteiger partial charge in [-0.1, -0.05) is 30.3 Å². The van der Waals surface area contributed by atoms with E-state index >= 15 is 0 Å². The lowest BCUT2D eigenvalue weighted by atomic mass is 9.98. The minimum absolute atomic E-state index is 0. The van der Waals surface area contributed by atoms with Crippen LogP contribution < -0.4 is 10.6 Å². The van der Waals surface area contributed by atoms with Crippen molar-refractivity contribution in [2.75, 3.05) is 26.2 Å². The first kappa shape index (κ1) is 21.2. The molecule has 0 saturated carbocycles. The molecule has 2 aliphatic rings. The molecule has 1 aromatic heterocycles. The normalized spacial score (nSPS) is 22.6. The predicted octanol–water partition coefficient (Wildman–Crippen LogP) is 3.31. The van der Waals surface area contributed by atoms with Crippen molar-refractivity contribution in [1.82, 2.24) is 20.5 Å². The monoisotopic (exact) mass is 420 g/mol. The van der Waals surface area contributed by atoms with E-state index in [1.807, 2.05) is 12.3 Å². The van der Waals surface area contributed by atoms with Gasteiger partial charge in [-0.05, 0) is 44.7 Å². The summed E-state index contributed by atoms with van der Waals surface area (Å²) in [6.07, 6.45) is 6.50. The van der Waals surface area contributed by atoms with Crippen molar-refractivity contribution < 1.29 is 4.79 Å². The van der Waals surface area contributed by atoms with Crippen LogP contribution in [0.5, 0.6) is 0 Å². The summed E-state index contributed by atoms with van der Waals surface area (Å²) in [6, 6.07) is 10.4. The molecular formula is C21H29ClN4OS. The van der Waals surface area contributed by atoms with Gasteiger partial charge in [0, 0.05) is 36.3 Å². The molecule has 0 spiro atoms. The van der Waals surface area contributed by atoms with E-state index in [2.05, 4.69) is 44.8 Å². The highest BCUT2D eigenvalue weighted by Gasteiger charge is 2.25. The van der Waals surface area contributed by atoms with Crippen molar-refractivity contribution in [3.63, 3.8) is 0 Å². The molecule has 0 bridgehead atoms. The Morgan fingerprint density at radius 3 is 2.89 bits per heavy atom. The van der Waals surface area contributed by atoms with Crippen LogP contribution in [0.1, 0.15) is 30.6 Å². The fraction of sp³-hybridized carbons (Fsp3) is 0.524. The summed E-state index contributed by atoms with van der Waals surface area (Å²) in [6.45, 7) is 4.91. The quantitative estimate of drug-likeness (QED) is 0.752. The molecule has 2 aliphatic heterocycles. The highest BCUT2D eigenvalue weighted by Crippen LogP contribution is 2.27. The van der Waals surface area contributed by atoms with E-state index < -0.39 is 0 Å². The molecule has 28 heavy (non-hydrogen) atoms. The molecule has 2 unspecified atom stereocenters. The maximum Gasteiger partial charge on any atom is 0.237 e. The van der Waals surface area contributed by atoms with Gasteiger partial charge >= 0.3 is 0 Å². The molecule has 4 rings (SSSR count). The van der Waals surface area contributed by atoms with Crippen LogP contribution in [-0.2, 0) is 11.3 Å². The molecule has 152 valence electrons. The first-order chi connectivity index (χ1) is 13.3. The van der Waals surface area contributed by atoms with Crippen molar-refractivity contribution >= 4 is 29.7 Å². The number of halogens is 1. The number of benzene rings is 1. The summed E-state index contributed by atoms with van der Waals surface area (Å²) in [5.74, 6) is 0.727. The van der Waals surface area contributed by atoms with Gasteiger partial charge in [0.2, 0.25) is 5.91 Å². The molecule has 2 fully saturated rings. The summed E-state index contributed by atoms with van der Waals surface area (Å²) in [4.78, 5) is 20.6. The number of aromatic nitrogens is 1. The smallest absolute Gasteiger partial charge is 0.237 e. The van der Waals surface area contributed by atoms with E-state index in [1.165, 1.54) is 23.3 Å². The largest absolute Gasteiger partial charge is 0.354 e. The summed E-state index contributed by atoms with van der Waals surface area (Å²) >= 11 is 1.79. The highest BCUT2D eigenvalue weighted by molar-refractivity contribution is 7.15. The summed E-state index contributed by atoms with van der Waals surface area (Å²) < 4.78 is 0. The average molecular weight is 421 g/mol. The zero-order chi connectivity index (χ0) is 18.5. The Bertz CT molecular complexity index is 748. The van der Waals surface area contributed by atoms with Crippen molar-refractivity contribution in [1.29, 1.82) is 0 Å². The topological polar surface area (TPSA) is 57.3 Å². The molecule has 1 amide bonds. The predicted molar refractivity (Wildman–Crippen MR) is 117 cm³/mol. The Balaban J connectivity index is 0.00000225. The third kappa shape index (κ3) is 5.54. The van der Waals surface area contributed by atoms with Crippen LogP contribution in [-0.4, -0.2) is 48.0 Å². The van der Waals surface area contributed by atoms with E-state index in [0.29, 0.717) is 5.92 Å². The molecule has 5 nitrogen and oxygen atoms in total. The van der Waals surface area contributed by atoms with Crippen molar-refractivity contribution in [3.05, 3.63) is 41.4 Å². The SMILES string of the molecule is Cl.O=C(NCC1CCCN(Cc2cnc(-c3ccccc3)s2)C1)C1CCCN1. The number of piperidine rings is 1. The number of thiazole rings is 1. The highest BCUT2D eigenvalue weighted by atomic mass is 35.5. The Morgan fingerprint density at radius 2 is 2.11 bits per heavy atom. The second-order valence-electron chi connectivity index (χ2n) is 7.64. The minimum Gasteiger partial charge on any atom is -0.354 e. The van der Waals surface area contributed by atoms with Gasteiger partial charge in [-0.25, -0.2) is 4.98 Å². The molecule has 3 heterocycles. The van der Waals surface area contributed by atoms with Gasteiger partial charge in [-0.3, -0.25) is 9.69 Å². The van der Waals surface area contributed by atoms with Gasteiger partial charge in [0.05, 0.1) is 6.04 Å². The van der Waals surface area contributed by atoms with E-state index in [1.54, 1.807) is 11.3 Å². The number of rotatable bonds is 6. The van der Waals surface area contributed by atoms with Crippen LogP contribution in [0.2, 0.25) is 0 Å². The molecule has 2 N–H and O–H groups in total. The van der Waals surface area contributed by atoms with E-state index in [9.17, 15) is 4.79 Å². The third-order valence-electron chi connectivity index (χ3n) is 5.50. The van der Waals surface area contributed by atoms with Crippen molar-refractivity contribution in [3.8, 4) is 10.6 Å². The van der Waals surface area contributed by atoms with E-state index in [-0.39, 0.29) is 24.4 Å². The van der Waals surface area contributed by atoms with E-state index in [0.717, 1.165) is 50.6 Å². The Labute approximate surface area is 177 Å².